The Kier molecular flexibility index (Phi) is 2.12. The average molecular weight is 213 g/mol. The quantitative estimate of drug-likeness (QED) is 0.784. The van der Waals surface area contributed by atoms with Crippen LogP contribution in [-0.4, -0.2) is 15.2 Å². The molecule has 2 aromatic heterocycles. The van der Waals surface area contributed by atoms with E-state index >= 15 is 0 Å². The Morgan fingerprint density at radius 2 is 2.15 bits per heavy atom. The van der Waals surface area contributed by atoms with E-state index in [4.69, 9.17) is 17.3 Å². The topological polar surface area (TPSA) is 64.7 Å². The molecule has 66 valence electrons. The van der Waals surface area contributed by atoms with Crippen LogP contribution in [0, 0.1) is 0 Å². The van der Waals surface area contributed by atoms with Gasteiger partial charge in [0.05, 0.1) is 5.69 Å². The van der Waals surface area contributed by atoms with Gasteiger partial charge in [-0.15, -0.1) is 10.2 Å². The molecule has 2 aromatic rings. The van der Waals surface area contributed by atoms with Crippen molar-refractivity contribution in [2.24, 2.45) is 0 Å². The molecule has 4 nitrogen and oxygen atoms in total. The van der Waals surface area contributed by atoms with E-state index in [1.165, 1.54) is 11.3 Å². The van der Waals surface area contributed by atoms with E-state index in [1.54, 1.807) is 18.5 Å². The van der Waals surface area contributed by atoms with Crippen molar-refractivity contribution >= 4 is 28.6 Å². The van der Waals surface area contributed by atoms with Gasteiger partial charge >= 0.3 is 0 Å². The van der Waals surface area contributed by atoms with E-state index in [1.807, 2.05) is 0 Å². The Hall–Kier alpha value is -1.20. The molecular weight excluding hydrogens is 208 g/mol. The number of aromatic nitrogens is 3. The third-order valence-corrected chi connectivity index (χ3v) is 2.47. The predicted molar refractivity (Wildman–Crippen MR) is 52.6 cm³/mol. The molecule has 13 heavy (non-hydrogen) atoms. The lowest BCUT2D eigenvalue weighted by atomic mass is 10.3. The molecular formula is C7H5ClN4S. The first-order valence-electron chi connectivity index (χ1n) is 3.45. The first-order valence-corrected chi connectivity index (χ1v) is 4.65. The molecule has 0 atom stereocenters. The number of pyridine rings is 1. The van der Waals surface area contributed by atoms with Gasteiger partial charge in [-0.2, -0.15) is 0 Å². The summed E-state index contributed by atoms with van der Waals surface area (Å²) in [6.45, 7) is 0. The molecule has 0 aliphatic heterocycles. The van der Waals surface area contributed by atoms with E-state index in [9.17, 15) is 0 Å². The van der Waals surface area contributed by atoms with E-state index in [0.29, 0.717) is 10.2 Å². The summed E-state index contributed by atoms with van der Waals surface area (Å²) in [7, 11) is 0. The molecule has 0 fully saturated rings. The zero-order valence-electron chi connectivity index (χ0n) is 6.44. The molecule has 0 radical (unpaired) electrons. The summed E-state index contributed by atoms with van der Waals surface area (Å²) in [6, 6.07) is 1.78. The van der Waals surface area contributed by atoms with Gasteiger partial charge in [0.1, 0.15) is 0 Å². The predicted octanol–water partition coefficient (Wildman–Crippen LogP) is 1.84. The minimum Gasteiger partial charge on any atom is -0.397 e. The molecule has 0 unspecified atom stereocenters. The van der Waals surface area contributed by atoms with E-state index in [-0.39, 0.29) is 0 Å². The third-order valence-electron chi connectivity index (χ3n) is 1.41. The first-order chi connectivity index (χ1) is 6.25. The standard InChI is InChI=1S/C7H5ClN4S/c8-7-12-11-6(13-7)4-1-5(9)3-10-2-4/h1-3H,9H2. The second-order valence-corrected chi connectivity index (χ2v) is 3.93. The first kappa shape index (κ1) is 8.40. The van der Waals surface area contributed by atoms with Crippen molar-refractivity contribution in [3.8, 4) is 10.6 Å². The molecule has 0 aliphatic rings. The number of halogens is 1. The van der Waals surface area contributed by atoms with Crippen LogP contribution in [0.25, 0.3) is 10.6 Å². The van der Waals surface area contributed by atoms with Gasteiger partial charge in [0.25, 0.3) is 0 Å². The molecule has 0 amide bonds. The Morgan fingerprint density at radius 1 is 1.31 bits per heavy atom. The van der Waals surface area contributed by atoms with Gasteiger partial charge in [-0.25, -0.2) is 0 Å². The van der Waals surface area contributed by atoms with Crippen molar-refractivity contribution in [1.82, 2.24) is 15.2 Å². The lowest BCUT2D eigenvalue weighted by Crippen LogP contribution is -1.87. The number of hydrogen-bond acceptors (Lipinski definition) is 5. The lowest BCUT2D eigenvalue weighted by molar-refractivity contribution is 1.09. The average Bonchev–Trinajstić information content (AvgIpc) is 2.52. The van der Waals surface area contributed by atoms with Crippen molar-refractivity contribution in [2.45, 2.75) is 0 Å². The maximum Gasteiger partial charge on any atom is 0.207 e. The molecule has 0 saturated carbocycles. The van der Waals surface area contributed by atoms with Crippen molar-refractivity contribution in [1.29, 1.82) is 0 Å². The zero-order chi connectivity index (χ0) is 9.26. The number of nitrogen functional groups attached to an aromatic ring is 1. The van der Waals surface area contributed by atoms with Gasteiger partial charge in [-0.05, 0) is 17.7 Å². The molecule has 2 N–H and O–H groups in total. The smallest absolute Gasteiger partial charge is 0.207 e. The van der Waals surface area contributed by atoms with Crippen LogP contribution in [0.5, 0.6) is 0 Å². The molecule has 0 bridgehead atoms. The minimum atomic E-state index is 0.414. The lowest BCUT2D eigenvalue weighted by Gasteiger charge is -1.94. The third kappa shape index (κ3) is 1.76. The maximum atomic E-state index is 5.64. The van der Waals surface area contributed by atoms with Crippen LogP contribution < -0.4 is 5.73 Å². The monoisotopic (exact) mass is 212 g/mol. The maximum absolute atomic E-state index is 5.64. The Balaban J connectivity index is 2.46. The van der Waals surface area contributed by atoms with Gasteiger partial charge < -0.3 is 5.73 Å². The largest absolute Gasteiger partial charge is 0.397 e. The highest BCUT2D eigenvalue weighted by Gasteiger charge is 2.04. The van der Waals surface area contributed by atoms with Crippen molar-refractivity contribution in [3.05, 3.63) is 22.9 Å². The fraction of sp³-hybridized carbons (Fsp3) is 0. The Morgan fingerprint density at radius 3 is 2.77 bits per heavy atom. The SMILES string of the molecule is Nc1cncc(-c2nnc(Cl)s2)c1. The number of nitrogens with two attached hydrogens (primary N) is 1. The molecule has 0 aliphatic carbocycles. The highest BCUT2D eigenvalue weighted by molar-refractivity contribution is 7.18. The molecule has 0 spiro atoms. The summed E-state index contributed by atoms with van der Waals surface area (Å²) in [5.74, 6) is 0. The Bertz CT molecular complexity index is 428. The van der Waals surface area contributed by atoms with Crippen LogP contribution in [-0.2, 0) is 0 Å². The summed E-state index contributed by atoms with van der Waals surface area (Å²) in [6.07, 6.45) is 3.25. The fourth-order valence-corrected chi connectivity index (χ4v) is 1.71. The van der Waals surface area contributed by atoms with Crippen LogP contribution in [0.1, 0.15) is 0 Å². The summed E-state index contributed by atoms with van der Waals surface area (Å²) < 4.78 is 0.414. The van der Waals surface area contributed by atoms with Crippen LogP contribution >= 0.6 is 22.9 Å². The second-order valence-electron chi connectivity index (χ2n) is 2.37. The number of anilines is 1. The molecule has 0 saturated heterocycles. The Labute approximate surface area is 83.4 Å². The van der Waals surface area contributed by atoms with Crippen molar-refractivity contribution in [2.75, 3.05) is 5.73 Å². The highest BCUT2D eigenvalue weighted by Crippen LogP contribution is 2.26. The van der Waals surface area contributed by atoms with Gasteiger partial charge in [0, 0.05) is 18.0 Å². The van der Waals surface area contributed by atoms with E-state index in [0.717, 1.165) is 10.6 Å². The van der Waals surface area contributed by atoms with Gasteiger partial charge in [-0.3, -0.25) is 4.98 Å². The van der Waals surface area contributed by atoms with Gasteiger partial charge in [0.2, 0.25) is 4.47 Å². The fourth-order valence-electron chi connectivity index (χ4n) is 0.897. The highest BCUT2D eigenvalue weighted by atomic mass is 35.5. The molecule has 0 aromatic carbocycles. The number of hydrogen-bond donors (Lipinski definition) is 1. The van der Waals surface area contributed by atoms with Crippen LogP contribution in [0.4, 0.5) is 5.69 Å². The summed E-state index contributed by atoms with van der Waals surface area (Å²) >= 11 is 6.94. The second kappa shape index (κ2) is 3.27. The number of nitrogens with zero attached hydrogens (tertiary/aromatic N) is 3. The van der Waals surface area contributed by atoms with Crippen LogP contribution in [0.2, 0.25) is 4.47 Å². The van der Waals surface area contributed by atoms with Gasteiger partial charge in [-0.1, -0.05) is 11.3 Å². The summed E-state index contributed by atoms with van der Waals surface area (Å²) in [5, 5.41) is 8.28. The minimum absolute atomic E-state index is 0.414. The molecule has 2 rings (SSSR count). The number of rotatable bonds is 1. The summed E-state index contributed by atoms with van der Waals surface area (Å²) in [4.78, 5) is 3.94. The molecule has 2 heterocycles. The van der Waals surface area contributed by atoms with Gasteiger partial charge in [0.15, 0.2) is 5.01 Å². The summed E-state index contributed by atoms with van der Waals surface area (Å²) in [5.41, 5.74) is 7.00. The van der Waals surface area contributed by atoms with Crippen LogP contribution in [0.3, 0.4) is 0 Å². The van der Waals surface area contributed by atoms with Crippen LogP contribution in [0.15, 0.2) is 18.5 Å². The van der Waals surface area contributed by atoms with Crippen molar-refractivity contribution < 1.29 is 0 Å². The molecule has 6 heteroatoms. The zero-order valence-corrected chi connectivity index (χ0v) is 8.01. The normalized spacial score (nSPS) is 10.2. The van der Waals surface area contributed by atoms with E-state index in [2.05, 4.69) is 15.2 Å². The van der Waals surface area contributed by atoms with E-state index < -0.39 is 0 Å². The van der Waals surface area contributed by atoms with Crippen molar-refractivity contribution in [3.63, 3.8) is 0 Å².